The molecule has 8 heteroatoms. The van der Waals surface area contributed by atoms with Crippen molar-refractivity contribution in [3.05, 3.63) is 65.1 Å². The van der Waals surface area contributed by atoms with Crippen molar-refractivity contribution in [3.8, 4) is 5.75 Å². The Balaban J connectivity index is 0.00000112. The number of pyridine rings is 1. The first-order valence-electron chi connectivity index (χ1n) is 10.2. The van der Waals surface area contributed by atoms with Gasteiger partial charge in [-0.25, -0.2) is 4.98 Å². The maximum absolute atomic E-state index is 13.0. The summed E-state index contributed by atoms with van der Waals surface area (Å²) in [6.45, 7) is 6.03. The Kier molecular flexibility index (Phi) is 5.90. The third-order valence-electron chi connectivity index (χ3n) is 5.11. The molecule has 0 saturated heterocycles. The fourth-order valence-corrected chi connectivity index (χ4v) is 4.17. The second kappa shape index (κ2) is 8.77. The Morgan fingerprint density at radius 2 is 2.10 bits per heavy atom. The van der Waals surface area contributed by atoms with E-state index in [9.17, 15) is 4.79 Å². The van der Waals surface area contributed by atoms with Crippen molar-refractivity contribution < 1.29 is 9.53 Å². The molecule has 0 spiro atoms. The Morgan fingerprint density at radius 3 is 2.84 bits per heavy atom. The Morgan fingerprint density at radius 1 is 1.26 bits per heavy atom. The normalized spacial score (nSPS) is 15.0. The highest BCUT2D eigenvalue weighted by Gasteiger charge is 2.32. The number of benzene rings is 1. The van der Waals surface area contributed by atoms with E-state index >= 15 is 0 Å². The van der Waals surface area contributed by atoms with Crippen LogP contribution in [0.3, 0.4) is 0 Å². The second-order valence-electron chi connectivity index (χ2n) is 7.04. The van der Waals surface area contributed by atoms with Crippen LogP contribution in [0.1, 0.15) is 36.6 Å². The number of methoxy groups -OCH3 is 1. The molecule has 0 radical (unpaired) electrons. The van der Waals surface area contributed by atoms with Crippen LogP contribution in [0, 0.1) is 6.92 Å². The fourth-order valence-electron chi connectivity index (χ4n) is 3.66. The number of hydrogen-bond acceptors (Lipinski definition) is 6. The van der Waals surface area contributed by atoms with Crippen LogP contribution in [0.5, 0.6) is 5.75 Å². The van der Waals surface area contributed by atoms with E-state index in [1.165, 1.54) is 11.3 Å². The number of imidazole rings is 1. The molecule has 4 aromatic rings. The maximum atomic E-state index is 13.0. The summed E-state index contributed by atoms with van der Waals surface area (Å²) >= 11 is 1.50. The van der Waals surface area contributed by atoms with Crippen LogP contribution < -0.4 is 15.4 Å². The molecule has 1 atom stereocenters. The molecular weight excluding hydrogens is 410 g/mol. The van der Waals surface area contributed by atoms with Gasteiger partial charge in [0.05, 0.1) is 30.4 Å². The average molecular weight is 436 g/mol. The highest BCUT2D eigenvalue weighted by Crippen LogP contribution is 2.37. The first-order chi connectivity index (χ1) is 15.1. The standard InChI is InChI=1S/C21H19N5O2S.C2H6/c1-12-3-6-17-24-19(20(26(17)10-12)25-18-9-22-11-29-18)15-7-13-4-5-14(28-2)8-16(13)23-21(15)27;1-2/h3-6,8-11,15,25H,7H2,1-2H3,(H,23,27);1-2H3. The highest BCUT2D eigenvalue weighted by molar-refractivity contribution is 7.13. The molecular formula is C23H25N5O2S. The summed E-state index contributed by atoms with van der Waals surface area (Å²) in [6.07, 6.45) is 4.37. The van der Waals surface area contributed by atoms with E-state index in [2.05, 4.69) is 15.6 Å². The highest BCUT2D eigenvalue weighted by atomic mass is 32.1. The third kappa shape index (κ3) is 3.98. The lowest BCUT2D eigenvalue weighted by Gasteiger charge is -2.24. The minimum Gasteiger partial charge on any atom is -0.497 e. The summed E-state index contributed by atoms with van der Waals surface area (Å²) in [4.78, 5) is 22.0. The largest absolute Gasteiger partial charge is 0.497 e. The molecule has 4 heterocycles. The van der Waals surface area contributed by atoms with Gasteiger partial charge in [-0.3, -0.25) is 14.2 Å². The van der Waals surface area contributed by atoms with Crippen LogP contribution in [-0.4, -0.2) is 27.4 Å². The number of thiazole rings is 1. The molecule has 3 aromatic heterocycles. The molecule has 1 aromatic carbocycles. The summed E-state index contributed by atoms with van der Waals surface area (Å²) in [5.74, 6) is 1.05. The zero-order chi connectivity index (χ0) is 22.0. The molecule has 5 rings (SSSR count). The number of amides is 1. The van der Waals surface area contributed by atoms with Gasteiger partial charge < -0.3 is 15.4 Å². The Hall–Kier alpha value is -3.39. The van der Waals surface area contributed by atoms with Gasteiger partial charge >= 0.3 is 0 Å². The van der Waals surface area contributed by atoms with E-state index < -0.39 is 5.92 Å². The molecule has 1 unspecified atom stereocenters. The second-order valence-corrected chi connectivity index (χ2v) is 7.93. The summed E-state index contributed by atoms with van der Waals surface area (Å²) in [6, 6.07) is 9.75. The molecule has 1 amide bonds. The number of rotatable bonds is 4. The number of ether oxygens (including phenoxy) is 1. The molecule has 7 nitrogen and oxygen atoms in total. The van der Waals surface area contributed by atoms with Gasteiger partial charge in [-0.05, 0) is 36.6 Å². The summed E-state index contributed by atoms with van der Waals surface area (Å²) in [5.41, 5.74) is 6.26. The molecule has 2 N–H and O–H groups in total. The number of fused-ring (bicyclic) bond motifs is 2. The van der Waals surface area contributed by atoms with Gasteiger partial charge in [0.15, 0.2) is 0 Å². The maximum Gasteiger partial charge on any atom is 0.234 e. The molecule has 1 aliphatic rings. The third-order valence-corrected chi connectivity index (χ3v) is 5.80. The first-order valence-corrected chi connectivity index (χ1v) is 11.1. The fraction of sp³-hybridized carbons (Fsp3) is 0.261. The predicted octanol–water partition coefficient (Wildman–Crippen LogP) is 5.16. The first kappa shape index (κ1) is 20.9. The number of carbonyl (C=O) groups excluding carboxylic acids is 1. The van der Waals surface area contributed by atoms with Crippen molar-refractivity contribution >= 4 is 39.4 Å². The Labute approximate surface area is 185 Å². The minimum atomic E-state index is -0.397. The SMILES string of the molecule is CC.COc1ccc2c(c1)NC(=O)C(c1nc3ccc(C)cn3c1Nc1cncs1)C2. The number of nitrogens with one attached hydrogen (secondary N) is 2. The van der Waals surface area contributed by atoms with Gasteiger partial charge in [0.2, 0.25) is 5.91 Å². The monoisotopic (exact) mass is 435 g/mol. The number of aryl methyl sites for hydroxylation is 1. The summed E-state index contributed by atoms with van der Waals surface area (Å²) < 4.78 is 7.28. The van der Waals surface area contributed by atoms with E-state index in [0.717, 1.165) is 44.7 Å². The van der Waals surface area contributed by atoms with Crippen LogP contribution >= 0.6 is 11.3 Å². The average Bonchev–Trinajstić information content (AvgIpc) is 3.43. The number of anilines is 3. The van der Waals surface area contributed by atoms with E-state index in [4.69, 9.17) is 9.72 Å². The van der Waals surface area contributed by atoms with Crippen LogP contribution in [0.25, 0.3) is 5.65 Å². The molecule has 31 heavy (non-hydrogen) atoms. The van der Waals surface area contributed by atoms with Gasteiger partial charge in [-0.1, -0.05) is 26.0 Å². The van der Waals surface area contributed by atoms with E-state index in [1.807, 2.05) is 61.7 Å². The smallest absolute Gasteiger partial charge is 0.234 e. The van der Waals surface area contributed by atoms with Crippen LogP contribution in [-0.2, 0) is 11.2 Å². The van der Waals surface area contributed by atoms with Gasteiger partial charge in [-0.2, -0.15) is 0 Å². The zero-order valence-electron chi connectivity index (χ0n) is 18.0. The molecule has 1 aliphatic heterocycles. The molecule has 160 valence electrons. The van der Waals surface area contributed by atoms with Crippen LogP contribution in [0.15, 0.2) is 48.2 Å². The molecule has 0 aliphatic carbocycles. The van der Waals surface area contributed by atoms with Crippen molar-refractivity contribution in [1.82, 2.24) is 14.4 Å². The lowest BCUT2D eigenvalue weighted by Crippen LogP contribution is -2.29. The number of aromatic nitrogens is 3. The van der Waals surface area contributed by atoms with Crippen molar-refractivity contribution in [2.45, 2.75) is 33.1 Å². The van der Waals surface area contributed by atoms with Gasteiger partial charge in [0.1, 0.15) is 22.2 Å². The molecule has 0 bridgehead atoms. The van der Waals surface area contributed by atoms with Crippen LogP contribution in [0.4, 0.5) is 16.5 Å². The zero-order valence-corrected chi connectivity index (χ0v) is 18.8. The molecule has 0 fully saturated rings. The predicted molar refractivity (Wildman–Crippen MR) is 125 cm³/mol. The van der Waals surface area contributed by atoms with Gasteiger partial charge in [0, 0.05) is 18.0 Å². The quantitative estimate of drug-likeness (QED) is 0.463. The van der Waals surface area contributed by atoms with E-state index in [-0.39, 0.29) is 5.91 Å². The number of hydrogen-bond donors (Lipinski definition) is 2. The van der Waals surface area contributed by atoms with E-state index in [0.29, 0.717) is 6.42 Å². The lowest BCUT2D eigenvalue weighted by molar-refractivity contribution is -0.117. The Bertz CT molecular complexity index is 1220. The topological polar surface area (TPSA) is 80.5 Å². The van der Waals surface area contributed by atoms with Crippen molar-refractivity contribution in [3.63, 3.8) is 0 Å². The summed E-state index contributed by atoms with van der Waals surface area (Å²) in [7, 11) is 1.62. The minimum absolute atomic E-state index is 0.0711. The van der Waals surface area contributed by atoms with Crippen LogP contribution in [0.2, 0.25) is 0 Å². The molecule has 0 saturated carbocycles. The van der Waals surface area contributed by atoms with Crippen molar-refractivity contribution in [2.24, 2.45) is 0 Å². The lowest BCUT2D eigenvalue weighted by atomic mass is 9.90. The number of carbonyl (C=O) groups is 1. The van der Waals surface area contributed by atoms with Crippen molar-refractivity contribution in [1.29, 1.82) is 0 Å². The van der Waals surface area contributed by atoms with Gasteiger partial charge in [-0.15, -0.1) is 11.3 Å². The van der Waals surface area contributed by atoms with E-state index in [1.54, 1.807) is 18.8 Å². The van der Waals surface area contributed by atoms with Crippen molar-refractivity contribution in [2.75, 3.05) is 17.7 Å². The number of nitrogens with zero attached hydrogens (tertiary/aromatic N) is 3. The van der Waals surface area contributed by atoms with Gasteiger partial charge in [0.25, 0.3) is 0 Å². The summed E-state index contributed by atoms with van der Waals surface area (Å²) in [5, 5.41) is 7.34.